The SMILES string of the molecule is C1CCOC1.O=C(CCl)OC1C2CC3C(=O)OC1C3O2.O=C(Cl)CCl.O=C1OC2C(O)C3CC1C2O3.c1ccncc1. The molecule has 12 nitrogen and oxygen atoms in total. The summed E-state index contributed by atoms with van der Waals surface area (Å²) in [6, 6.07) is 5.72. The van der Waals surface area contributed by atoms with Crippen molar-refractivity contribution >= 4 is 58.0 Å². The standard InChI is InChI=1S/C9H9ClO5.C7H8O4.C5H5N.C4H8O.C2H2Cl2O/c10-2-5(11)14-7-4-1-3-6(13-4)8(7)15-9(3)12;8-4-3-1-2-5(10-3)6(4)11-7(2)9;1-2-4-6-5-3-1;1-2-4-5-3-1;3-1-2(4)5/h3-4,6-8H,1-2H2;2-6,8H,1H2;1-5H;1-4H2;1H2. The van der Waals surface area contributed by atoms with Crippen molar-refractivity contribution in [3.63, 3.8) is 0 Å². The smallest absolute Gasteiger partial charge is 0.321 e. The number of carbonyl (C=O) groups is 4. The lowest BCUT2D eigenvalue weighted by molar-refractivity contribution is -0.158. The molecule has 7 fully saturated rings. The van der Waals surface area contributed by atoms with Crippen LogP contribution >= 0.6 is 34.8 Å². The second-order valence-electron chi connectivity index (χ2n) is 10.2. The summed E-state index contributed by atoms with van der Waals surface area (Å²) >= 11 is 14.9. The molecule has 15 heteroatoms. The van der Waals surface area contributed by atoms with Crippen LogP contribution in [0.2, 0.25) is 0 Å². The zero-order valence-electron chi connectivity index (χ0n) is 22.4. The average molecular weight is 653 g/mol. The average Bonchev–Trinajstić information content (AvgIpc) is 3.85. The van der Waals surface area contributed by atoms with Crippen LogP contribution in [0.3, 0.4) is 0 Å². The highest BCUT2D eigenvalue weighted by Crippen LogP contribution is 2.47. The van der Waals surface area contributed by atoms with Crippen molar-refractivity contribution in [3.8, 4) is 0 Å². The van der Waals surface area contributed by atoms with Gasteiger partial charge in [0.15, 0.2) is 18.3 Å². The Kier molecular flexibility index (Phi) is 12.2. The highest BCUT2D eigenvalue weighted by Gasteiger charge is 2.65. The lowest BCUT2D eigenvalue weighted by Crippen LogP contribution is -2.40. The molecule has 0 aliphatic carbocycles. The molecule has 8 heterocycles. The van der Waals surface area contributed by atoms with Crippen LogP contribution in [0, 0.1) is 11.8 Å². The number of halogens is 3. The largest absolute Gasteiger partial charge is 0.456 e. The minimum Gasteiger partial charge on any atom is -0.456 e. The number of hydrogen-bond donors (Lipinski definition) is 1. The Hall–Kier alpha value is -2.06. The number of nitrogens with zero attached hydrogens (tertiary/aromatic N) is 1. The molecule has 1 aromatic rings. The molecule has 0 aromatic carbocycles. The number of aromatic nitrogens is 1. The van der Waals surface area contributed by atoms with Crippen molar-refractivity contribution in [2.45, 2.75) is 74.5 Å². The molecule has 0 spiro atoms. The first-order valence-corrected chi connectivity index (χ1v) is 15.0. The summed E-state index contributed by atoms with van der Waals surface area (Å²) in [7, 11) is 0. The number of esters is 3. The molecule has 8 rings (SSSR count). The van der Waals surface area contributed by atoms with E-state index in [0.29, 0.717) is 12.8 Å². The van der Waals surface area contributed by atoms with E-state index in [1.165, 1.54) is 12.8 Å². The predicted molar refractivity (Wildman–Crippen MR) is 146 cm³/mol. The Labute approximate surface area is 257 Å². The van der Waals surface area contributed by atoms with Crippen molar-refractivity contribution in [2.75, 3.05) is 25.0 Å². The van der Waals surface area contributed by atoms with E-state index in [-0.39, 0.29) is 66.1 Å². The Morgan fingerprint density at radius 2 is 1.40 bits per heavy atom. The van der Waals surface area contributed by atoms with Crippen LogP contribution in [0.1, 0.15) is 25.7 Å². The number of aliphatic hydroxyl groups is 1. The third-order valence-corrected chi connectivity index (χ3v) is 8.20. The molecule has 10 atom stereocenters. The van der Waals surface area contributed by atoms with Gasteiger partial charge in [0.2, 0.25) is 5.24 Å². The molecule has 0 amide bonds. The van der Waals surface area contributed by atoms with Gasteiger partial charge in [0.1, 0.15) is 24.2 Å². The number of hydrogen-bond acceptors (Lipinski definition) is 12. The molecule has 7 saturated heterocycles. The fraction of sp³-hybridized carbons (Fsp3) is 0.667. The first-order chi connectivity index (χ1) is 20.2. The number of ether oxygens (including phenoxy) is 6. The molecule has 10 unspecified atom stereocenters. The van der Waals surface area contributed by atoms with Crippen molar-refractivity contribution in [2.24, 2.45) is 11.8 Å². The van der Waals surface area contributed by atoms with Crippen LogP contribution in [-0.2, 0) is 47.6 Å². The van der Waals surface area contributed by atoms with Gasteiger partial charge in [-0.1, -0.05) is 6.07 Å². The molecule has 0 radical (unpaired) electrons. The Morgan fingerprint density at radius 1 is 0.857 bits per heavy atom. The van der Waals surface area contributed by atoms with E-state index >= 15 is 0 Å². The third-order valence-electron chi connectivity index (χ3n) is 7.47. The topological polar surface area (TPSA) is 157 Å². The summed E-state index contributed by atoms with van der Waals surface area (Å²) in [6.07, 6.45) is 4.70. The Balaban J connectivity index is 0.000000131. The van der Waals surface area contributed by atoms with E-state index in [1.54, 1.807) is 12.4 Å². The molecule has 1 N–H and O–H groups in total. The minimum absolute atomic E-state index is 0.0894. The maximum absolute atomic E-state index is 11.3. The van der Waals surface area contributed by atoms with Gasteiger partial charge in [-0.25, -0.2) is 0 Å². The normalized spacial score (nSPS) is 36.6. The molecular formula is C27H32Cl3NO11. The van der Waals surface area contributed by atoms with Crippen LogP contribution in [0.4, 0.5) is 0 Å². The lowest BCUT2D eigenvalue weighted by atomic mass is 9.88. The highest BCUT2D eigenvalue weighted by molar-refractivity contribution is 6.67. The zero-order chi connectivity index (χ0) is 30.2. The zero-order valence-corrected chi connectivity index (χ0v) is 24.7. The van der Waals surface area contributed by atoms with Crippen molar-refractivity contribution in [3.05, 3.63) is 30.6 Å². The van der Waals surface area contributed by atoms with Crippen molar-refractivity contribution in [1.29, 1.82) is 0 Å². The molecule has 7 aliphatic heterocycles. The highest BCUT2D eigenvalue weighted by atomic mass is 35.5. The van der Waals surface area contributed by atoms with E-state index < -0.39 is 29.5 Å². The summed E-state index contributed by atoms with van der Waals surface area (Å²) in [4.78, 5) is 46.6. The molecule has 1 aromatic heterocycles. The summed E-state index contributed by atoms with van der Waals surface area (Å²) in [5, 5.41) is 8.91. The van der Waals surface area contributed by atoms with E-state index in [9.17, 15) is 24.3 Å². The van der Waals surface area contributed by atoms with Crippen molar-refractivity contribution in [1.82, 2.24) is 4.98 Å². The first-order valence-electron chi connectivity index (χ1n) is 13.6. The molecule has 7 aliphatic rings. The van der Waals surface area contributed by atoms with Gasteiger partial charge in [-0.3, -0.25) is 24.2 Å². The van der Waals surface area contributed by atoms with Crippen LogP contribution in [-0.4, -0.2) is 107 Å². The number of alkyl halides is 2. The Morgan fingerprint density at radius 3 is 1.83 bits per heavy atom. The molecule has 42 heavy (non-hydrogen) atoms. The van der Waals surface area contributed by atoms with Gasteiger partial charge in [0.05, 0.1) is 29.9 Å². The summed E-state index contributed by atoms with van der Waals surface area (Å²) < 4.78 is 31.0. The summed E-state index contributed by atoms with van der Waals surface area (Å²) in [6.45, 7) is 2.00. The van der Waals surface area contributed by atoms with Crippen LogP contribution in [0.25, 0.3) is 0 Å². The van der Waals surface area contributed by atoms with Gasteiger partial charge in [-0.05, 0) is 49.4 Å². The first kappa shape index (κ1) is 32.8. The number of pyridine rings is 1. The predicted octanol–water partition coefficient (Wildman–Crippen LogP) is 1.78. The van der Waals surface area contributed by atoms with E-state index in [1.807, 2.05) is 18.2 Å². The van der Waals surface area contributed by atoms with Crippen LogP contribution in [0.5, 0.6) is 0 Å². The van der Waals surface area contributed by atoms with Gasteiger partial charge in [-0.15, -0.1) is 23.2 Å². The van der Waals surface area contributed by atoms with E-state index in [0.717, 1.165) is 13.2 Å². The van der Waals surface area contributed by atoms with Gasteiger partial charge in [0.25, 0.3) is 0 Å². The molecule has 4 bridgehead atoms. The van der Waals surface area contributed by atoms with Crippen LogP contribution in [0.15, 0.2) is 30.6 Å². The van der Waals surface area contributed by atoms with Crippen LogP contribution < -0.4 is 0 Å². The number of aliphatic hydroxyl groups excluding tert-OH is 1. The second kappa shape index (κ2) is 15.6. The molecule has 232 valence electrons. The summed E-state index contributed by atoms with van der Waals surface area (Å²) in [5.41, 5.74) is 0. The quantitative estimate of drug-likeness (QED) is 0.219. The van der Waals surface area contributed by atoms with Gasteiger partial charge in [-0.2, -0.15) is 0 Å². The number of rotatable bonds is 3. The summed E-state index contributed by atoms with van der Waals surface area (Å²) in [5.74, 6) is -1.48. The lowest BCUT2D eigenvalue weighted by Gasteiger charge is -2.21. The molecule has 0 saturated carbocycles. The number of fused-ring (bicyclic) bond motifs is 2. The number of carbonyl (C=O) groups excluding carboxylic acids is 4. The fourth-order valence-corrected chi connectivity index (χ4v) is 5.71. The maximum Gasteiger partial charge on any atom is 0.321 e. The van der Waals surface area contributed by atoms with Gasteiger partial charge >= 0.3 is 17.9 Å². The monoisotopic (exact) mass is 651 g/mol. The second-order valence-corrected chi connectivity index (χ2v) is 11.1. The maximum atomic E-state index is 11.3. The fourth-order valence-electron chi connectivity index (χ4n) is 5.65. The van der Waals surface area contributed by atoms with Gasteiger partial charge < -0.3 is 33.5 Å². The minimum atomic E-state index is -0.581. The van der Waals surface area contributed by atoms with E-state index in [4.69, 9.17) is 63.2 Å². The third kappa shape index (κ3) is 7.90. The van der Waals surface area contributed by atoms with E-state index in [2.05, 4.69) is 4.98 Å². The van der Waals surface area contributed by atoms with Crippen molar-refractivity contribution < 1.29 is 52.7 Å². The molecular weight excluding hydrogens is 621 g/mol. The Bertz CT molecular complexity index is 1040. The van der Waals surface area contributed by atoms with Gasteiger partial charge in [0, 0.05) is 25.6 Å².